The molecule has 1 aromatic rings. The van der Waals surface area contributed by atoms with Crippen molar-refractivity contribution in [3.63, 3.8) is 0 Å². The van der Waals surface area contributed by atoms with Gasteiger partial charge in [-0.2, -0.15) is 4.31 Å². The lowest BCUT2D eigenvalue weighted by atomic mass is 10.1. The molecule has 0 aliphatic carbocycles. The minimum Gasteiger partial charge on any atom is -0.452 e. The van der Waals surface area contributed by atoms with E-state index in [9.17, 15) is 18.0 Å². The predicted molar refractivity (Wildman–Crippen MR) is 125 cm³/mol. The van der Waals surface area contributed by atoms with Crippen molar-refractivity contribution >= 4 is 27.6 Å². The Bertz CT molecular complexity index is 935. The van der Waals surface area contributed by atoms with Crippen molar-refractivity contribution in [1.82, 2.24) is 9.21 Å². The topological polar surface area (TPSA) is 87.2 Å². The highest BCUT2D eigenvalue weighted by Gasteiger charge is 2.27. The zero-order chi connectivity index (χ0) is 23.9. The number of rotatable bonds is 11. The molecule has 1 saturated heterocycles. The fraction of sp³-hybridized carbons (Fsp3) is 0.565. The molecule has 0 N–H and O–H groups in total. The third-order valence-electron chi connectivity index (χ3n) is 5.50. The molecule has 1 aliphatic rings. The molecule has 1 fully saturated rings. The average molecular weight is 466 g/mol. The monoisotopic (exact) mass is 465 g/mol. The molecule has 2 rings (SSSR count). The summed E-state index contributed by atoms with van der Waals surface area (Å²) in [6.07, 6.45) is 2.00. The number of benzene rings is 1. The summed E-state index contributed by atoms with van der Waals surface area (Å²) in [7, 11) is -3.74. The second-order valence-corrected chi connectivity index (χ2v) is 9.84. The largest absolute Gasteiger partial charge is 0.452 e. The van der Waals surface area contributed by atoms with Crippen molar-refractivity contribution in [2.24, 2.45) is 0 Å². The first kappa shape index (κ1) is 25.9. The quantitative estimate of drug-likeness (QED) is 0.369. The summed E-state index contributed by atoms with van der Waals surface area (Å²) in [6, 6.07) is 4.58. The van der Waals surface area contributed by atoms with Gasteiger partial charge in [0.2, 0.25) is 10.0 Å². The number of hydrogen-bond acceptors (Lipinski definition) is 6. The van der Waals surface area contributed by atoms with Gasteiger partial charge in [0.15, 0.2) is 6.61 Å². The van der Waals surface area contributed by atoms with Crippen LogP contribution in [0.15, 0.2) is 35.2 Å². The Morgan fingerprint density at radius 3 is 2.25 bits per heavy atom. The second-order valence-electron chi connectivity index (χ2n) is 7.90. The van der Waals surface area contributed by atoms with Crippen LogP contribution in [0.25, 0.3) is 0 Å². The van der Waals surface area contributed by atoms with E-state index in [2.05, 4.69) is 6.58 Å². The summed E-state index contributed by atoms with van der Waals surface area (Å²) in [5, 5.41) is 0. The maximum Gasteiger partial charge on any atom is 0.340 e. The first-order chi connectivity index (χ1) is 15.1. The van der Waals surface area contributed by atoms with E-state index in [1.165, 1.54) is 16.4 Å². The molecule has 0 radical (unpaired) electrons. The Morgan fingerprint density at radius 2 is 1.72 bits per heavy atom. The molecule has 1 aliphatic heterocycles. The van der Waals surface area contributed by atoms with Gasteiger partial charge in [0.25, 0.3) is 5.91 Å². The molecule has 1 heterocycles. The van der Waals surface area contributed by atoms with Crippen LogP contribution in [0.5, 0.6) is 0 Å². The van der Waals surface area contributed by atoms with Crippen LogP contribution in [0.1, 0.15) is 50.9 Å². The lowest BCUT2D eigenvalue weighted by Gasteiger charge is -2.24. The Labute approximate surface area is 191 Å². The second kappa shape index (κ2) is 11.5. The normalized spacial score (nSPS) is 14.0. The van der Waals surface area contributed by atoms with E-state index in [-0.39, 0.29) is 16.4 Å². The van der Waals surface area contributed by atoms with Crippen LogP contribution >= 0.6 is 0 Å². The van der Waals surface area contributed by atoms with Crippen molar-refractivity contribution in [1.29, 1.82) is 0 Å². The lowest BCUT2D eigenvalue weighted by molar-refractivity contribution is -0.133. The van der Waals surface area contributed by atoms with Gasteiger partial charge in [0, 0.05) is 39.3 Å². The van der Waals surface area contributed by atoms with Gasteiger partial charge in [-0.15, -0.1) is 0 Å². The standard InChI is InChI=1S/C23H35N3O5S/c1-6-24(16-18(4)5)22(27)17-31-23(28)20-15-19(32(29,30)26(7-2)8-3)11-12-21(20)25-13-9-10-14-25/h11-12,15H,4,6-10,13-14,16-17H2,1-3,5H3. The van der Waals surface area contributed by atoms with E-state index in [1.807, 2.05) is 18.7 Å². The van der Waals surface area contributed by atoms with Crippen LogP contribution in [-0.4, -0.2) is 75.4 Å². The van der Waals surface area contributed by atoms with Gasteiger partial charge in [-0.3, -0.25) is 4.79 Å². The van der Waals surface area contributed by atoms with Crippen molar-refractivity contribution in [3.05, 3.63) is 35.9 Å². The maximum absolute atomic E-state index is 13.0. The summed E-state index contributed by atoms with van der Waals surface area (Å²) < 4.78 is 32.7. The molecular formula is C23H35N3O5S. The molecule has 0 atom stereocenters. The van der Waals surface area contributed by atoms with Gasteiger partial charge in [-0.1, -0.05) is 26.0 Å². The molecule has 1 amide bonds. The van der Waals surface area contributed by atoms with Gasteiger partial charge >= 0.3 is 5.97 Å². The SMILES string of the molecule is C=C(C)CN(CC)C(=O)COC(=O)c1cc(S(=O)(=O)N(CC)CC)ccc1N1CCCC1. The highest BCUT2D eigenvalue weighted by molar-refractivity contribution is 7.89. The maximum atomic E-state index is 13.0. The summed E-state index contributed by atoms with van der Waals surface area (Å²) in [6.45, 7) is 13.7. The summed E-state index contributed by atoms with van der Waals surface area (Å²) in [5.41, 5.74) is 1.63. The van der Waals surface area contributed by atoms with E-state index < -0.39 is 22.6 Å². The van der Waals surface area contributed by atoms with Crippen LogP contribution in [0.2, 0.25) is 0 Å². The van der Waals surface area contributed by atoms with Crippen LogP contribution in [0.3, 0.4) is 0 Å². The number of hydrogen-bond donors (Lipinski definition) is 0. The number of carbonyl (C=O) groups excluding carboxylic acids is 2. The first-order valence-electron chi connectivity index (χ1n) is 11.1. The number of esters is 1. The smallest absolute Gasteiger partial charge is 0.340 e. The van der Waals surface area contributed by atoms with Gasteiger partial charge in [-0.05, 0) is 44.9 Å². The number of anilines is 1. The van der Waals surface area contributed by atoms with E-state index >= 15 is 0 Å². The van der Waals surface area contributed by atoms with Crippen LogP contribution < -0.4 is 4.90 Å². The van der Waals surface area contributed by atoms with Crippen molar-refractivity contribution in [2.75, 3.05) is 50.8 Å². The minimum atomic E-state index is -3.74. The fourth-order valence-electron chi connectivity index (χ4n) is 3.78. The van der Waals surface area contributed by atoms with Crippen LogP contribution in [0.4, 0.5) is 5.69 Å². The number of nitrogens with zero attached hydrogens (tertiary/aromatic N) is 3. The average Bonchev–Trinajstić information content (AvgIpc) is 3.30. The molecule has 0 saturated carbocycles. The number of carbonyl (C=O) groups is 2. The Kier molecular flexibility index (Phi) is 9.27. The minimum absolute atomic E-state index is 0.0416. The highest BCUT2D eigenvalue weighted by Crippen LogP contribution is 2.29. The van der Waals surface area contributed by atoms with E-state index in [4.69, 9.17) is 4.74 Å². The fourth-order valence-corrected chi connectivity index (χ4v) is 5.27. The van der Waals surface area contributed by atoms with Crippen molar-refractivity contribution in [2.45, 2.75) is 45.4 Å². The highest BCUT2D eigenvalue weighted by atomic mass is 32.2. The molecule has 0 bridgehead atoms. The Hall–Kier alpha value is -2.39. The zero-order valence-corrected chi connectivity index (χ0v) is 20.4. The molecule has 0 aromatic heterocycles. The summed E-state index contributed by atoms with van der Waals surface area (Å²) in [4.78, 5) is 29.1. The molecule has 1 aromatic carbocycles. The number of sulfonamides is 1. The number of amides is 1. The molecule has 32 heavy (non-hydrogen) atoms. The predicted octanol–water partition coefficient (Wildman–Crippen LogP) is 2.90. The van der Waals surface area contributed by atoms with Gasteiger partial charge in [0.05, 0.1) is 16.1 Å². The summed E-state index contributed by atoms with van der Waals surface area (Å²) >= 11 is 0. The molecule has 9 heteroatoms. The van der Waals surface area contributed by atoms with Crippen LogP contribution in [-0.2, 0) is 19.6 Å². The Morgan fingerprint density at radius 1 is 1.09 bits per heavy atom. The van der Waals surface area contributed by atoms with E-state index in [0.29, 0.717) is 31.9 Å². The molecular weight excluding hydrogens is 430 g/mol. The molecule has 178 valence electrons. The third-order valence-corrected chi connectivity index (χ3v) is 7.55. The van der Waals surface area contributed by atoms with E-state index in [0.717, 1.165) is 31.5 Å². The van der Waals surface area contributed by atoms with Gasteiger partial charge in [0.1, 0.15) is 0 Å². The molecule has 0 spiro atoms. The van der Waals surface area contributed by atoms with Crippen LogP contribution in [0, 0.1) is 0 Å². The number of likely N-dealkylation sites (N-methyl/N-ethyl adjacent to an activating group) is 1. The van der Waals surface area contributed by atoms with E-state index in [1.54, 1.807) is 24.8 Å². The molecule has 0 unspecified atom stereocenters. The zero-order valence-electron chi connectivity index (χ0n) is 19.6. The lowest BCUT2D eigenvalue weighted by Crippen LogP contribution is -2.35. The number of ether oxygens (including phenoxy) is 1. The van der Waals surface area contributed by atoms with Crippen molar-refractivity contribution in [3.8, 4) is 0 Å². The van der Waals surface area contributed by atoms with Gasteiger partial charge < -0.3 is 14.5 Å². The molecule has 8 nitrogen and oxygen atoms in total. The van der Waals surface area contributed by atoms with Crippen molar-refractivity contribution < 1.29 is 22.7 Å². The van der Waals surface area contributed by atoms with Gasteiger partial charge in [-0.25, -0.2) is 13.2 Å². The third kappa shape index (κ3) is 6.10. The Balaban J connectivity index is 2.33. The first-order valence-corrected chi connectivity index (χ1v) is 12.6. The summed E-state index contributed by atoms with van der Waals surface area (Å²) in [5.74, 6) is -1.03.